The molecular weight excluding hydrogens is 239 g/mol. The third-order valence-electron chi connectivity index (χ3n) is 2.35. The Morgan fingerprint density at radius 3 is 2.44 bits per heavy atom. The molecule has 0 spiro atoms. The van der Waals surface area contributed by atoms with Crippen LogP contribution in [0, 0.1) is 5.82 Å². The number of benzene rings is 1. The van der Waals surface area contributed by atoms with Gasteiger partial charge in [0.15, 0.2) is 0 Å². The van der Waals surface area contributed by atoms with Crippen LogP contribution in [0.25, 0.3) is 0 Å². The highest BCUT2D eigenvalue weighted by molar-refractivity contribution is 5.80. The molecule has 2 amide bonds. The molecule has 1 rings (SSSR count). The Morgan fingerprint density at radius 2 is 1.94 bits per heavy atom. The second-order valence-corrected chi connectivity index (χ2v) is 3.69. The predicted molar refractivity (Wildman–Crippen MR) is 63.5 cm³/mol. The highest BCUT2D eigenvalue weighted by Crippen LogP contribution is 2.02. The summed E-state index contributed by atoms with van der Waals surface area (Å²) in [4.78, 5) is 23.3. The van der Waals surface area contributed by atoms with Gasteiger partial charge >= 0.3 is 12.0 Å². The Balaban J connectivity index is 2.49. The molecule has 0 atom stereocenters. The van der Waals surface area contributed by atoms with Crippen molar-refractivity contribution in [3.63, 3.8) is 0 Å². The summed E-state index contributed by atoms with van der Waals surface area (Å²) >= 11 is 0. The molecule has 0 unspecified atom stereocenters. The van der Waals surface area contributed by atoms with Crippen molar-refractivity contribution >= 4 is 12.0 Å². The summed E-state index contributed by atoms with van der Waals surface area (Å²) in [5.74, 6) is -1.40. The number of nitrogens with zero attached hydrogens (tertiary/aromatic N) is 1. The number of amides is 2. The van der Waals surface area contributed by atoms with Gasteiger partial charge in [0.25, 0.3) is 0 Å². The van der Waals surface area contributed by atoms with E-state index in [2.05, 4.69) is 5.32 Å². The highest BCUT2D eigenvalue weighted by atomic mass is 19.1. The van der Waals surface area contributed by atoms with Crippen molar-refractivity contribution in [2.75, 3.05) is 13.1 Å². The number of carboxylic acids is 1. The lowest BCUT2D eigenvalue weighted by molar-refractivity contribution is -0.137. The number of halogens is 1. The highest BCUT2D eigenvalue weighted by Gasteiger charge is 2.13. The molecule has 0 aromatic heterocycles. The fraction of sp³-hybridized carbons (Fsp3) is 0.333. The van der Waals surface area contributed by atoms with Crippen molar-refractivity contribution in [2.45, 2.75) is 13.5 Å². The van der Waals surface area contributed by atoms with Crippen LogP contribution in [0.5, 0.6) is 0 Å². The van der Waals surface area contributed by atoms with Crippen LogP contribution in [-0.4, -0.2) is 35.1 Å². The van der Waals surface area contributed by atoms with E-state index in [4.69, 9.17) is 5.11 Å². The average molecular weight is 254 g/mol. The molecule has 6 heteroatoms. The Kier molecular flexibility index (Phi) is 5.10. The lowest BCUT2D eigenvalue weighted by Gasteiger charge is -2.19. The molecule has 18 heavy (non-hydrogen) atoms. The number of nitrogens with one attached hydrogen (secondary N) is 1. The maximum Gasteiger partial charge on any atom is 0.323 e. The van der Waals surface area contributed by atoms with Gasteiger partial charge in [-0.05, 0) is 24.6 Å². The summed E-state index contributed by atoms with van der Waals surface area (Å²) in [6.45, 7) is 1.89. The summed E-state index contributed by atoms with van der Waals surface area (Å²) in [6.07, 6.45) is 0. The topological polar surface area (TPSA) is 69.6 Å². The van der Waals surface area contributed by atoms with Crippen molar-refractivity contribution in [1.29, 1.82) is 0 Å². The molecular formula is C12H15FN2O3. The van der Waals surface area contributed by atoms with E-state index in [0.29, 0.717) is 6.54 Å². The summed E-state index contributed by atoms with van der Waals surface area (Å²) in [6, 6.07) is 5.27. The minimum Gasteiger partial charge on any atom is -0.480 e. The molecule has 2 N–H and O–H groups in total. The van der Waals surface area contributed by atoms with E-state index in [1.54, 1.807) is 19.1 Å². The smallest absolute Gasteiger partial charge is 0.323 e. The van der Waals surface area contributed by atoms with Gasteiger partial charge in [-0.1, -0.05) is 12.1 Å². The number of hydrogen-bond donors (Lipinski definition) is 2. The van der Waals surface area contributed by atoms with Gasteiger partial charge in [0.1, 0.15) is 12.4 Å². The van der Waals surface area contributed by atoms with Crippen molar-refractivity contribution in [3.8, 4) is 0 Å². The third kappa shape index (κ3) is 4.40. The lowest BCUT2D eigenvalue weighted by Crippen LogP contribution is -2.42. The number of likely N-dealkylation sites (N-methyl/N-ethyl adjacent to an activating group) is 1. The van der Waals surface area contributed by atoms with Gasteiger partial charge in [0, 0.05) is 13.1 Å². The Bertz CT molecular complexity index is 420. The standard InChI is InChI=1S/C12H15FN2O3/c1-2-15(8-11(16)17)12(18)14-7-9-3-5-10(13)6-4-9/h3-6H,2,7-8H2,1H3,(H,14,18)(H,16,17). The normalized spacial score (nSPS) is 9.89. The first-order chi connectivity index (χ1) is 8.52. The number of carboxylic acid groups (broad SMARTS) is 1. The molecule has 0 bridgehead atoms. The van der Waals surface area contributed by atoms with E-state index < -0.39 is 12.0 Å². The van der Waals surface area contributed by atoms with Gasteiger partial charge < -0.3 is 15.3 Å². The zero-order valence-electron chi connectivity index (χ0n) is 10.0. The van der Waals surface area contributed by atoms with E-state index >= 15 is 0 Å². The molecule has 0 saturated carbocycles. The largest absolute Gasteiger partial charge is 0.480 e. The number of urea groups is 1. The van der Waals surface area contributed by atoms with Crippen LogP contribution in [0.1, 0.15) is 12.5 Å². The zero-order chi connectivity index (χ0) is 13.5. The minimum absolute atomic E-state index is 0.231. The predicted octanol–water partition coefficient (Wildman–Crippen LogP) is 1.44. The molecule has 1 aromatic rings. The number of hydrogen-bond acceptors (Lipinski definition) is 2. The summed E-state index contributed by atoms with van der Waals surface area (Å²) < 4.78 is 12.7. The second kappa shape index (κ2) is 6.58. The van der Waals surface area contributed by atoms with Gasteiger partial charge in [0.2, 0.25) is 0 Å². The van der Waals surface area contributed by atoms with Crippen molar-refractivity contribution in [2.24, 2.45) is 0 Å². The van der Waals surface area contributed by atoms with Gasteiger partial charge in [-0.25, -0.2) is 9.18 Å². The molecule has 0 heterocycles. The van der Waals surface area contributed by atoms with Crippen LogP contribution in [0.15, 0.2) is 24.3 Å². The van der Waals surface area contributed by atoms with Crippen LogP contribution in [0.3, 0.4) is 0 Å². The number of carbonyl (C=O) groups is 2. The van der Waals surface area contributed by atoms with Gasteiger partial charge in [0.05, 0.1) is 0 Å². The Labute approximate surface area is 104 Å². The molecule has 0 saturated heterocycles. The zero-order valence-corrected chi connectivity index (χ0v) is 10.0. The Hall–Kier alpha value is -2.11. The fourth-order valence-corrected chi connectivity index (χ4v) is 1.38. The lowest BCUT2D eigenvalue weighted by atomic mass is 10.2. The van der Waals surface area contributed by atoms with Crippen molar-refractivity contribution < 1.29 is 19.1 Å². The van der Waals surface area contributed by atoms with E-state index in [-0.39, 0.29) is 18.9 Å². The summed E-state index contributed by atoms with van der Waals surface area (Å²) in [5, 5.41) is 11.2. The molecule has 0 aliphatic rings. The summed E-state index contributed by atoms with van der Waals surface area (Å²) in [7, 11) is 0. The second-order valence-electron chi connectivity index (χ2n) is 3.69. The van der Waals surface area contributed by atoms with Crippen LogP contribution >= 0.6 is 0 Å². The Morgan fingerprint density at radius 1 is 1.33 bits per heavy atom. The molecule has 0 aliphatic heterocycles. The first kappa shape index (κ1) is 14.0. The quantitative estimate of drug-likeness (QED) is 0.835. The van der Waals surface area contributed by atoms with Crippen LogP contribution < -0.4 is 5.32 Å². The number of aliphatic carboxylic acids is 1. The van der Waals surface area contributed by atoms with E-state index in [1.165, 1.54) is 17.0 Å². The molecule has 0 radical (unpaired) electrons. The molecule has 1 aromatic carbocycles. The molecule has 5 nitrogen and oxygen atoms in total. The van der Waals surface area contributed by atoms with E-state index in [0.717, 1.165) is 5.56 Å². The SMILES string of the molecule is CCN(CC(=O)O)C(=O)NCc1ccc(F)cc1. The molecule has 0 fully saturated rings. The fourth-order valence-electron chi connectivity index (χ4n) is 1.38. The minimum atomic E-state index is -1.06. The van der Waals surface area contributed by atoms with Crippen LogP contribution in [-0.2, 0) is 11.3 Å². The van der Waals surface area contributed by atoms with Crippen LogP contribution in [0.2, 0.25) is 0 Å². The third-order valence-corrected chi connectivity index (χ3v) is 2.35. The monoisotopic (exact) mass is 254 g/mol. The van der Waals surface area contributed by atoms with Gasteiger partial charge in [-0.15, -0.1) is 0 Å². The first-order valence-corrected chi connectivity index (χ1v) is 5.52. The first-order valence-electron chi connectivity index (χ1n) is 5.52. The van der Waals surface area contributed by atoms with Gasteiger partial charge in [-0.3, -0.25) is 4.79 Å². The van der Waals surface area contributed by atoms with E-state index in [9.17, 15) is 14.0 Å². The van der Waals surface area contributed by atoms with Crippen molar-refractivity contribution in [3.05, 3.63) is 35.6 Å². The number of carbonyl (C=O) groups excluding carboxylic acids is 1. The molecule has 98 valence electrons. The maximum absolute atomic E-state index is 12.7. The van der Waals surface area contributed by atoms with Crippen LogP contribution in [0.4, 0.5) is 9.18 Å². The van der Waals surface area contributed by atoms with E-state index in [1.807, 2.05) is 0 Å². The maximum atomic E-state index is 12.7. The molecule has 0 aliphatic carbocycles. The van der Waals surface area contributed by atoms with Crippen molar-refractivity contribution in [1.82, 2.24) is 10.2 Å². The summed E-state index contributed by atoms with van der Waals surface area (Å²) in [5.41, 5.74) is 0.746. The number of rotatable bonds is 5. The van der Waals surface area contributed by atoms with Gasteiger partial charge in [-0.2, -0.15) is 0 Å². The average Bonchev–Trinajstić information content (AvgIpc) is 2.34.